The van der Waals surface area contributed by atoms with Crippen LogP contribution in [0.4, 0.5) is 0 Å². The molecule has 0 heterocycles. The van der Waals surface area contributed by atoms with Crippen LogP contribution in [0.2, 0.25) is 0 Å². The Morgan fingerprint density at radius 1 is 1.15 bits per heavy atom. The highest BCUT2D eigenvalue weighted by Crippen LogP contribution is 2.32. The molecular weight excluding hydrogens is 326 g/mol. The molecule has 1 atom stereocenters. The normalized spacial score (nSPS) is 15.9. The first kappa shape index (κ1) is 18.3. The van der Waals surface area contributed by atoms with E-state index in [1.807, 2.05) is 25.1 Å². The van der Waals surface area contributed by atoms with Crippen LogP contribution < -0.4 is 14.8 Å². The molecule has 1 aliphatic rings. The van der Waals surface area contributed by atoms with Gasteiger partial charge in [-0.1, -0.05) is 18.2 Å². The van der Waals surface area contributed by atoms with E-state index in [4.69, 9.17) is 9.47 Å². The molecule has 2 aromatic carbocycles. The summed E-state index contributed by atoms with van der Waals surface area (Å²) >= 11 is 0. The Bertz CT molecular complexity index is 785. The number of hydrogen-bond acceptors (Lipinski definition) is 3. The summed E-state index contributed by atoms with van der Waals surface area (Å²) in [6.45, 7) is 2.02. The van der Waals surface area contributed by atoms with Gasteiger partial charge in [0.15, 0.2) is 0 Å². The fourth-order valence-corrected chi connectivity index (χ4v) is 3.69. The molecule has 26 heavy (non-hydrogen) atoms. The standard InChI is InChI=1S/C22H27NO3/c1-15-13-16(7-11-21(15)26-3)8-12-22(24)23-20-6-4-5-17-14-18(25-2)9-10-19(17)20/h7,9-11,13-14,20H,4-6,8,12H2,1-3H3,(H,23,24)/t20-/m0/s1. The van der Waals surface area contributed by atoms with E-state index in [-0.39, 0.29) is 11.9 Å². The summed E-state index contributed by atoms with van der Waals surface area (Å²) in [4.78, 5) is 12.5. The molecule has 138 valence electrons. The van der Waals surface area contributed by atoms with E-state index in [9.17, 15) is 4.79 Å². The average molecular weight is 353 g/mol. The molecule has 1 N–H and O–H groups in total. The number of carbonyl (C=O) groups is 1. The monoisotopic (exact) mass is 353 g/mol. The molecule has 1 aliphatic carbocycles. The molecule has 0 aliphatic heterocycles. The van der Waals surface area contributed by atoms with Crippen LogP contribution in [0.15, 0.2) is 36.4 Å². The number of rotatable bonds is 6. The molecule has 0 aromatic heterocycles. The summed E-state index contributed by atoms with van der Waals surface area (Å²) in [6.07, 6.45) is 4.35. The zero-order valence-corrected chi connectivity index (χ0v) is 15.8. The van der Waals surface area contributed by atoms with Crippen molar-refractivity contribution in [3.8, 4) is 11.5 Å². The van der Waals surface area contributed by atoms with Gasteiger partial charge in [-0.05, 0) is 73.1 Å². The lowest BCUT2D eigenvalue weighted by molar-refractivity contribution is -0.121. The lowest BCUT2D eigenvalue weighted by Gasteiger charge is -2.27. The summed E-state index contributed by atoms with van der Waals surface area (Å²) in [5, 5.41) is 3.22. The van der Waals surface area contributed by atoms with Gasteiger partial charge in [0.2, 0.25) is 5.91 Å². The van der Waals surface area contributed by atoms with Crippen LogP contribution in [0.1, 0.15) is 47.6 Å². The lowest BCUT2D eigenvalue weighted by atomic mass is 9.87. The van der Waals surface area contributed by atoms with Crippen LogP contribution in [0.25, 0.3) is 0 Å². The number of nitrogens with one attached hydrogen (secondary N) is 1. The van der Waals surface area contributed by atoms with Crippen LogP contribution in [0.5, 0.6) is 11.5 Å². The number of ether oxygens (including phenoxy) is 2. The zero-order valence-electron chi connectivity index (χ0n) is 15.8. The van der Waals surface area contributed by atoms with E-state index in [0.717, 1.165) is 48.3 Å². The van der Waals surface area contributed by atoms with Gasteiger partial charge >= 0.3 is 0 Å². The van der Waals surface area contributed by atoms with Gasteiger partial charge in [0.05, 0.1) is 20.3 Å². The molecule has 0 unspecified atom stereocenters. The van der Waals surface area contributed by atoms with Gasteiger partial charge in [0.1, 0.15) is 11.5 Å². The predicted octanol–water partition coefficient (Wildman–Crippen LogP) is 4.14. The van der Waals surface area contributed by atoms with E-state index < -0.39 is 0 Å². The van der Waals surface area contributed by atoms with E-state index in [1.54, 1.807) is 14.2 Å². The summed E-state index contributed by atoms with van der Waals surface area (Å²) in [6, 6.07) is 12.3. The second-order valence-electron chi connectivity index (χ2n) is 6.88. The molecule has 0 saturated heterocycles. The third-order valence-corrected chi connectivity index (χ3v) is 5.10. The van der Waals surface area contributed by atoms with Gasteiger partial charge < -0.3 is 14.8 Å². The highest BCUT2D eigenvalue weighted by atomic mass is 16.5. The topological polar surface area (TPSA) is 47.6 Å². The van der Waals surface area contributed by atoms with Gasteiger partial charge in [-0.2, -0.15) is 0 Å². The predicted molar refractivity (Wildman–Crippen MR) is 103 cm³/mol. The molecule has 4 heteroatoms. The molecule has 4 nitrogen and oxygen atoms in total. The smallest absolute Gasteiger partial charge is 0.220 e. The summed E-state index contributed by atoms with van der Waals surface area (Å²) in [7, 11) is 3.36. The average Bonchev–Trinajstić information content (AvgIpc) is 2.66. The molecule has 1 amide bonds. The van der Waals surface area contributed by atoms with Gasteiger partial charge in [0.25, 0.3) is 0 Å². The maximum atomic E-state index is 12.5. The van der Waals surface area contributed by atoms with Crippen molar-refractivity contribution in [3.05, 3.63) is 58.7 Å². The van der Waals surface area contributed by atoms with Crippen molar-refractivity contribution >= 4 is 5.91 Å². The van der Waals surface area contributed by atoms with Crippen molar-refractivity contribution < 1.29 is 14.3 Å². The van der Waals surface area contributed by atoms with E-state index in [0.29, 0.717) is 6.42 Å². The van der Waals surface area contributed by atoms with Crippen molar-refractivity contribution in [2.45, 2.75) is 45.1 Å². The molecule has 3 rings (SSSR count). The quantitative estimate of drug-likeness (QED) is 0.849. The van der Waals surface area contributed by atoms with Gasteiger partial charge in [-0.15, -0.1) is 0 Å². The van der Waals surface area contributed by atoms with Crippen LogP contribution in [-0.2, 0) is 17.6 Å². The second kappa shape index (κ2) is 8.26. The first-order valence-electron chi connectivity index (χ1n) is 9.20. The molecule has 0 fully saturated rings. The third kappa shape index (κ3) is 4.18. The van der Waals surface area contributed by atoms with Crippen LogP contribution in [0, 0.1) is 6.92 Å². The van der Waals surface area contributed by atoms with Crippen molar-refractivity contribution in [3.63, 3.8) is 0 Å². The summed E-state index contributed by atoms with van der Waals surface area (Å²) in [5.74, 6) is 1.87. The summed E-state index contributed by atoms with van der Waals surface area (Å²) in [5.41, 5.74) is 4.77. The minimum Gasteiger partial charge on any atom is -0.497 e. The molecule has 2 aromatic rings. The van der Waals surface area contributed by atoms with Crippen molar-refractivity contribution in [1.82, 2.24) is 5.32 Å². The SMILES string of the molecule is COc1ccc2c(c1)CCC[C@@H]2NC(=O)CCc1ccc(OC)c(C)c1. The van der Waals surface area contributed by atoms with Crippen LogP contribution in [0.3, 0.4) is 0 Å². The first-order chi connectivity index (χ1) is 12.6. The Labute approximate surface area is 155 Å². The highest BCUT2D eigenvalue weighted by Gasteiger charge is 2.22. The maximum absolute atomic E-state index is 12.5. The number of amides is 1. The number of benzene rings is 2. The highest BCUT2D eigenvalue weighted by molar-refractivity contribution is 5.77. The zero-order chi connectivity index (χ0) is 18.5. The van der Waals surface area contributed by atoms with Crippen molar-refractivity contribution in [2.24, 2.45) is 0 Å². The maximum Gasteiger partial charge on any atom is 0.220 e. The fraction of sp³-hybridized carbons (Fsp3) is 0.409. The Kier molecular flexibility index (Phi) is 5.82. The largest absolute Gasteiger partial charge is 0.497 e. The second-order valence-corrected chi connectivity index (χ2v) is 6.88. The third-order valence-electron chi connectivity index (χ3n) is 5.10. The Morgan fingerprint density at radius 2 is 2.00 bits per heavy atom. The van der Waals surface area contributed by atoms with E-state index >= 15 is 0 Å². The lowest BCUT2D eigenvalue weighted by Crippen LogP contribution is -2.31. The van der Waals surface area contributed by atoms with E-state index in [1.165, 1.54) is 11.1 Å². The van der Waals surface area contributed by atoms with Gasteiger partial charge in [-0.3, -0.25) is 4.79 Å². The number of carbonyl (C=O) groups excluding carboxylic acids is 1. The molecule has 0 radical (unpaired) electrons. The molecular formula is C22H27NO3. The Balaban J connectivity index is 1.60. The Hall–Kier alpha value is -2.49. The Morgan fingerprint density at radius 3 is 2.73 bits per heavy atom. The van der Waals surface area contributed by atoms with Crippen LogP contribution >= 0.6 is 0 Å². The number of hydrogen-bond donors (Lipinski definition) is 1. The minimum atomic E-state index is 0.104. The number of methoxy groups -OCH3 is 2. The minimum absolute atomic E-state index is 0.104. The van der Waals surface area contributed by atoms with Crippen molar-refractivity contribution in [2.75, 3.05) is 14.2 Å². The van der Waals surface area contributed by atoms with Gasteiger partial charge in [-0.25, -0.2) is 0 Å². The fourth-order valence-electron chi connectivity index (χ4n) is 3.69. The number of aryl methyl sites for hydroxylation is 3. The van der Waals surface area contributed by atoms with E-state index in [2.05, 4.69) is 23.5 Å². The van der Waals surface area contributed by atoms with Crippen molar-refractivity contribution in [1.29, 1.82) is 0 Å². The molecule has 0 spiro atoms. The van der Waals surface area contributed by atoms with Crippen LogP contribution in [-0.4, -0.2) is 20.1 Å². The van der Waals surface area contributed by atoms with Gasteiger partial charge in [0, 0.05) is 6.42 Å². The molecule has 0 saturated carbocycles. The number of fused-ring (bicyclic) bond motifs is 1. The summed E-state index contributed by atoms with van der Waals surface area (Å²) < 4.78 is 10.6. The first-order valence-corrected chi connectivity index (χ1v) is 9.20. The molecule has 0 bridgehead atoms.